The summed E-state index contributed by atoms with van der Waals surface area (Å²) in [5.41, 5.74) is 12.1. The van der Waals surface area contributed by atoms with Crippen LogP contribution in [0, 0.1) is 5.92 Å². The summed E-state index contributed by atoms with van der Waals surface area (Å²) >= 11 is 0. The number of carboxylic acids is 1. The summed E-state index contributed by atoms with van der Waals surface area (Å²) in [5, 5.41) is 14.6. The number of carboxylic acid groups (broad SMARTS) is 1. The number of rotatable bonds is 13. The zero-order valence-corrected chi connectivity index (χ0v) is 19.8. The second kappa shape index (κ2) is 13.0. The minimum atomic E-state index is -1.16. The van der Waals surface area contributed by atoms with Crippen molar-refractivity contribution in [1.29, 1.82) is 0 Å². The van der Waals surface area contributed by atoms with Crippen molar-refractivity contribution in [3.05, 3.63) is 18.2 Å². The summed E-state index contributed by atoms with van der Waals surface area (Å²) in [7, 11) is 0. The summed E-state index contributed by atoms with van der Waals surface area (Å²) in [6.45, 7) is 4.29. The molecule has 1 aliphatic rings. The summed E-state index contributed by atoms with van der Waals surface area (Å²) < 4.78 is 0. The van der Waals surface area contributed by atoms with Gasteiger partial charge in [-0.1, -0.05) is 20.3 Å². The second-order valence-electron chi connectivity index (χ2n) is 8.99. The third-order valence-electron chi connectivity index (χ3n) is 5.97. The molecule has 0 bridgehead atoms. The zero-order valence-electron chi connectivity index (χ0n) is 19.8. The van der Waals surface area contributed by atoms with E-state index in [1.807, 2.05) is 0 Å². The molecule has 1 aromatic rings. The smallest absolute Gasteiger partial charge is 0.326 e. The van der Waals surface area contributed by atoms with E-state index in [4.69, 9.17) is 11.5 Å². The Labute approximate surface area is 199 Å². The quantitative estimate of drug-likeness (QED) is 0.196. The van der Waals surface area contributed by atoms with Gasteiger partial charge in [0.05, 0.1) is 12.4 Å². The first-order valence-electron chi connectivity index (χ1n) is 11.7. The largest absolute Gasteiger partial charge is 0.480 e. The molecule has 4 atom stereocenters. The molecule has 12 nitrogen and oxygen atoms in total. The van der Waals surface area contributed by atoms with Gasteiger partial charge in [-0.3, -0.25) is 14.4 Å². The Balaban J connectivity index is 2.11. The molecule has 0 aromatic carbocycles. The van der Waals surface area contributed by atoms with Gasteiger partial charge in [0.1, 0.15) is 18.1 Å². The average Bonchev–Trinajstić information content (AvgIpc) is 3.48. The molecule has 4 unspecified atom stereocenters. The van der Waals surface area contributed by atoms with Crippen molar-refractivity contribution in [2.24, 2.45) is 17.4 Å². The molecule has 1 fully saturated rings. The van der Waals surface area contributed by atoms with Crippen molar-refractivity contribution in [1.82, 2.24) is 25.5 Å². The first-order valence-corrected chi connectivity index (χ1v) is 11.7. The SMILES string of the molecule is CC(C)C(NC(=O)C(Cc1cnc[nH]1)NC(=O)C1CCCN1C(=O)C(N)CCCCN)C(=O)O. The van der Waals surface area contributed by atoms with Gasteiger partial charge < -0.3 is 37.1 Å². The number of carbonyl (C=O) groups excluding carboxylic acids is 3. The van der Waals surface area contributed by atoms with Crippen molar-refractivity contribution in [2.75, 3.05) is 13.1 Å². The molecule has 8 N–H and O–H groups in total. The van der Waals surface area contributed by atoms with Gasteiger partial charge in [-0.2, -0.15) is 0 Å². The van der Waals surface area contributed by atoms with Crippen LogP contribution in [0.15, 0.2) is 12.5 Å². The summed E-state index contributed by atoms with van der Waals surface area (Å²) in [4.78, 5) is 58.8. The third-order valence-corrected chi connectivity index (χ3v) is 5.97. The van der Waals surface area contributed by atoms with Crippen molar-refractivity contribution in [3.8, 4) is 0 Å². The number of aromatic nitrogens is 2. The molecule has 190 valence electrons. The van der Waals surface area contributed by atoms with E-state index >= 15 is 0 Å². The first-order chi connectivity index (χ1) is 16.1. The van der Waals surface area contributed by atoms with E-state index in [9.17, 15) is 24.3 Å². The van der Waals surface area contributed by atoms with Gasteiger partial charge in [-0.05, 0) is 38.1 Å². The molecular weight excluding hydrogens is 442 g/mol. The molecule has 3 amide bonds. The molecular formula is C22H37N7O5. The van der Waals surface area contributed by atoms with E-state index in [-0.39, 0.29) is 18.2 Å². The van der Waals surface area contributed by atoms with Gasteiger partial charge in [0.15, 0.2) is 0 Å². The van der Waals surface area contributed by atoms with E-state index in [1.165, 1.54) is 17.4 Å². The first kappa shape index (κ1) is 27.3. The molecule has 12 heteroatoms. The van der Waals surface area contributed by atoms with E-state index in [2.05, 4.69) is 20.6 Å². The summed E-state index contributed by atoms with van der Waals surface area (Å²) in [6.07, 6.45) is 6.13. The summed E-state index contributed by atoms with van der Waals surface area (Å²) in [6, 6.07) is -3.62. The highest BCUT2D eigenvalue weighted by atomic mass is 16.4. The van der Waals surface area contributed by atoms with Crippen LogP contribution in [0.25, 0.3) is 0 Å². The molecule has 2 heterocycles. The molecule has 0 spiro atoms. The maximum atomic E-state index is 13.2. The van der Waals surface area contributed by atoms with Crippen molar-refractivity contribution in [3.63, 3.8) is 0 Å². The lowest BCUT2D eigenvalue weighted by Crippen LogP contribution is -2.57. The van der Waals surface area contributed by atoms with Crippen molar-refractivity contribution < 1.29 is 24.3 Å². The number of aliphatic carboxylic acids is 1. The highest BCUT2D eigenvalue weighted by Gasteiger charge is 2.38. The van der Waals surface area contributed by atoms with Gasteiger partial charge in [-0.15, -0.1) is 0 Å². The van der Waals surface area contributed by atoms with Crippen LogP contribution in [0.2, 0.25) is 0 Å². The number of imidazole rings is 1. The molecule has 1 saturated heterocycles. The number of carbonyl (C=O) groups is 4. The van der Waals surface area contributed by atoms with Crippen LogP contribution in [-0.4, -0.2) is 80.9 Å². The Morgan fingerprint density at radius 3 is 2.59 bits per heavy atom. The average molecular weight is 480 g/mol. The number of amides is 3. The molecule has 0 aliphatic carbocycles. The number of hydrogen-bond donors (Lipinski definition) is 6. The van der Waals surface area contributed by atoms with Gasteiger partial charge in [-0.25, -0.2) is 9.78 Å². The Bertz CT molecular complexity index is 830. The molecule has 1 aliphatic heterocycles. The fraction of sp³-hybridized carbons (Fsp3) is 0.682. The van der Waals surface area contributed by atoms with Crippen LogP contribution in [0.3, 0.4) is 0 Å². The third kappa shape index (κ3) is 7.52. The van der Waals surface area contributed by atoms with Gasteiger partial charge >= 0.3 is 5.97 Å². The minimum absolute atomic E-state index is 0.0846. The van der Waals surface area contributed by atoms with Crippen LogP contribution in [-0.2, 0) is 25.6 Å². The van der Waals surface area contributed by atoms with Crippen LogP contribution in [0.1, 0.15) is 51.6 Å². The fourth-order valence-electron chi connectivity index (χ4n) is 4.01. The zero-order chi connectivity index (χ0) is 25.3. The lowest BCUT2D eigenvalue weighted by Gasteiger charge is -2.29. The number of aromatic amines is 1. The fourth-order valence-corrected chi connectivity index (χ4v) is 4.01. The summed E-state index contributed by atoms with van der Waals surface area (Å²) in [5.74, 6) is -2.91. The number of nitrogens with zero attached hydrogens (tertiary/aromatic N) is 2. The van der Waals surface area contributed by atoms with E-state index in [0.717, 1.165) is 12.8 Å². The van der Waals surface area contributed by atoms with Gasteiger partial charge in [0.2, 0.25) is 17.7 Å². The number of hydrogen-bond acceptors (Lipinski definition) is 7. The van der Waals surface area contributed by atoms with E-state index < -0.39 is 42.0 Å². The lowest BCUT2D eigenvalue weighted by atomic mass is 10.0. The van der Waals surface area contributed by atoms with Crippen LogP contribution < -0.4 is 22.1 Å². The van der Waals surface area contributed by atoms with Gasteiger partial charge in [0.25, 0.3) is 0 Å². The maximum Gasteiger partial charge on any atom is 0.326 e. The number of nitrogens with two attached hydrogens (primary N) is 2. The molecule has 2 rings (SSSR count). The Kier molecular flexibility index (Phi) is 10.5. The Morgan fingerprint density at radius 2 is 2.00 bits per heavy atom. The van der Waals surface area contributed by atoms with Crippen LogP contribution in [0.4, 0.5) is 0 Å². The molecule has 1 aromatic heterocycles. The van der Waals surface area contributed by atoms with Gasteiger partial charge in [0, 0.05) is 24.9 Å². The highest BCUT2D eigenvalue weighted by molar-refractivity contribution is 5.94. The van der Waals surface area contributed by atoms with Crippen LogP contribution >= 0.6 is 0 Å². The Morgan fingerprint density at radius 1 is 1.26 bits per heavy atom. The maximum absolute atomic E-state index is 13.2. The molecule has 34 heavy (non-hydrogen) atoms. The minimum Gasteiger partial charge on any atom is -0.480 e. The van der Waals surface area contributed by atoms with Crippen LogP contribution in [0.5, 0.6) is 0 Å². The normalized spacial score (nSPS) is 18.4. The number of H-pyrrole nitrogens is 1. The van der Waals surface area contributed by atoms with E-state index in [0.29, 0.717) is 38.0 Å². The highest BCUT2D eigenvalue weighted by Crippen LogP contribution is 2.20. The van der Waals surface area contributed by atoms with Crippen molar-refractivity contribution in [2.45, 2.75) is 76.5 Å². The Hall–Kier alpha value is -2.99. The second-order valence-corrected chi connectivity index (χ2v) is 8.99. The molecule has 0 radical (unpaired) electrons. The predicted octanol–water partition coefficient (Wildman–Crippen LogP) is -0.890. The van der Waals surface area contributed by atoms with E-state index in [1.54, 1.807) is 13.8 Å². The predicted molar refractivity (Wildman–Crippen MR) is 124 cm³/mol. The number of nitrogens with one attached hydrogen (secondary N) is 3. The molecule has 0 saturated carbocycles. The number of likely N-dealkylation sites (tertiary alicyclic amines) is 1. The lowest BCUT2D eigenvalue weighted by molar-refractivity contribution is -0.144. The monoisotopic (exact) mass is 479 g/mol. The van der Waals surface area contributed by atoms with Crippen molar-refractivity contribution >= 4 is 23.7 Å². The standard InChI is InChI=1S/C22H37N7O5/c1-13(2)18(22(33)34)28-19(30)16(10-14-11-25-12-26-14)27-20(31)17-7-5-9-29(17)21(32)15(24)6-3-4-8-23/h11-13,15-18H,3-10,23-24H2,1-2H3,(H,25,26)(H,27,31)(H,28,30)(H,33,34). The number of unbranched alkanes of at least 4 members (excludes halogenated alkanes) is 1. The topological polar surface area (TPSA) is 197 Å².